The van der Waals surface area contributed by atoms with Crippen molar-refractivity contribution in [1.29, 1.82) is 0 Å². The summed E-state index contributed by atoms with van der Waals surface area (Å²) < 4.78 is 4.90. The van der Waals surface area contributed by atoms with Gasteiger partial charge in [0, 0.05) is 11.7 Å². The summed E-state index contributed by atoms with van der Waals surface area (Å²) in [6.45, 7) is 2.07. The van der Waals surface area contributed by atoms with E-state index in [1.54, 1.807) is 6.92 Å². The lowest BCUT2D eigenvalue weighted by Gasteiger charge is -2.09. The topological polar surface area (TPSA) is 43.4 Å². The van der Waals surface area contributed by atoms with Gasteiger partial charge < -0.3 is 4.74 Å². The van der Waals surface area contributed by atoms with Crippen molar-refractivity contribution in [2.45, 2.75) is 23.8 Å². The average molecular weight is 250 g/mol. The van der Waals surface area contributed by atoms with Gasteiger partial charge in [-0.05, 0) is 12.5 Å². The van der Waals surface area contributed by atoms with Gasteiger partial charge in [0.25, 0.3) is 0 Å². The molecule has 1 saturated heterocycles. The van der Waals surface area contributed by atoms with Crippen molar-refractivity contribution < 1.29 is 14.3 Å². The highest BCUT2D eigenvalue weighted by molar-refractivity contribution is 8.02. The molecule has 4 heteroatoms. The first-order chi connectivity index (χ1) is 8.22. The smallest absolute Gasteiger partial charge is 0.326 e. The lowest BCUT2D eigenvalue weighted by Crippen LogP contribution is -2.24. The zero-order valence-corrected chi connectivity index (χ0v) is 10.4. The van der Waals surface area contributed by atoms with Crippen molar-refractivity contribution >= 4 is 23.5 Å². The maximum Gasteiger partial charge on any atom is 0.326 e. The molecular weight excluding hydrogens is 236 g/mol. The highest BCUT2D eigenvalue weighted by Crippen LogP contribution is 2.43. The number of hydrogen-bond acceptors (Lipinski definition) is 4. The quantitative estimate of drug-likeness (QED) is 0.610. The lowest BCUT2D eigenvalue weighted by molar-refractivity contribution is -0.144. The van der Waals surface area contributed by atoms with Gasteiger partial charge in [-0.15, -0.1) is 11.8 Å². The molecule has 0 amide bonds. The summed E-state index contributed by atoms with van der Waals surface area (Å²) in [5.41, 5.74) is 1.10. The number of ketones is 1. The van der Waals surface area contributed by atoms with Crippen molar-refractivity contribution in [3.63, 3.8) is 0 Å². The number of carbonyl (C=O) groups is 2. The lowest BCUT2D eigenvalue weighted by atomic mass is 10.1. The third-order valence-electron chi connectivity index (χ3n) is 2.65. The first-order valence-electron chi connectivity index (χ1n) is 5.62. The minimum atomic E-state index is -0.639. The summed E-state index contributed by atoms with van der Waals surface area (Å²) in [6.07, 6.45) is 0.415. The largest absolute Gasteiger partial charge is 0.465 e. The first-order valence-corrected chi connectivity index (χ1v) is 6.56. The Balaban J connectivity index is 2.07. The van der Waals surface area contributed by atoms with Crippen LogP contribution in [0.4, 0.5) is 0 Å². The van der Waals surface area contributed by atoms with E-state index in [1.807, 2.05) is 30.3 Å². The van der Waals surface area contributed by atoms with E-state index in [0.29, 0.717) is 13.0 Å². The number of thioether (sulfide) groups is 1. The fourth-order valence-electron chi connectivity index (χ4n) is 1.85. The second-order valence-corrected chi connectivity index (χ2v) is 5.15. The van der Waals surface area contributed by atoms with Crippen LogP contribution in [-0.4, -0.2) is 23.6 Å². The number of rotatable bonds is 3. The number of carbonyl (C=O) groups excluding carboxylic acids is 2. The summed E-state index contributed by atoms with van der Waals surface area (Å²) in [5.74, 6) is -0.428. The van der Waals surface area contributed by atoms with E-state index in [4.69, 9.17) is 4.74 Å². The Morgan fingerprint density at radius 3 is 2.76 bits per heavy atom. The Hall–Kier alpha value is -1.29. The molecule has 1 aliphatic heterocycles. The Morgan fingerprint density at radius 2 is 2.12 bits per heavy atom. The second-order valence-electron chi connectivity index (χ2n) is 3.84. The molecule has 17 heavy (non-hydrogen) atoms. The van der Waals surface area contributed by atoms with Gasteiger partial charge in [0.05, 0.1) is 6.61 Å². The first kappa shape index (κ1) is 12.2. The molecule has 0 radical (unpaired) electrons. The predicted molar refractivity (Wildman–Crippen MR) is 66.8 cm³/mol. The van der Waals surface area contributed by atoms with Crippen molar-refractivity contribution in [2.75, 3.05) is 6.61 Å². The molecule has 90 valence electrons. The van der Waals surface area contributed by atoms with Crippen LogP contribution in [0.1, 0.15) is 24.2 Å². The maximum atomic E-state index is 11.8. The fourth-order valence-corrected chi connectivity index (χ4v) is 3.18. The summed E-state index contributed by atoms with van der Waals surface area (Å²) in [6, 6.07) is 9.79. The molecule has 0 aliphatic carbocycles. The van der Waals surface area contributed by atoms with Gasteiger partial charge >= 0.3 is 5.97 Å². The van der Waals surface area contributed by atoms with Crippen LogP contribution in [-0.2, 0) is 14.3 Å². The second kappa shape index (κ2) is 5.36. The monoisotopic (exact) mass is 250 g/mol. The SMILES string of the molecule is CCOC(=O)C1SC(c2ccccc2)CC1=O. The third kappa shape index (κ3) is 2.69. The van der Waals surface area contributed by atoms with Crippen LogP contribution < -0.4 is 0 Å². The van der Waals surface area contributed by atoms with Crippen molar-refractivity contribution in [3.8, 4) is 0 Å². The van der Waals surface area contributed by atoms with E-state index >= 15 is 0 Å². The Bertz CT molecular complexity index is 416. The zero-order chi connectivity index (χ0) is 12.3. The summed E-state index contributed by atoms with van der Waals surface area (Å²) in [7, 11) is 0. The van der Waals surface area contributed by atoms with Crippen LogP contribution in [0.2, 0.25) is 0 Å². The predicted octanol–water partition coefficient (Wildman–Crippen LogP) is 2.37. The van der Waals surface area contributed by atoms with Crippen LogP contribution >= 0.6 is 11.8 Å². The highest BCUT2D eigenvalue weighted by atomic mass is 32.2. The summed E-state index contributed by atoms with van der Waals surface area (Å²) >= 11 is 1.40. The number of Topliss-reactive ketones (excluding diaryl/α,β-unsaturated/α-hetero) is 1. The molecule has 1 aromatic carbocycles. The molecule has 0 saturated carbocycles. The Morgan fingerprint density at radius 1 is 1.41 bits per heavy atom. The molecule has 0 N–H and O–H groups in total. The van der Waals surface area contributed by atoms with Crippen LogP contribution in [0.5, 0.6) is 0 Å². The van der Waals surface area contributed by atoms with Gasteiger partial charge in [-0.25, -0.2) is 0 Å². The van der Waals surface area contributed by atoms with Gasteiger partial charge in [-0.3, -0.25) is 9.59 Å². The molecule has 2 atom stereocenters. The Kier molecular flexibility index (Phi) is 3.84. The number of esters is 1. The molecule has 1 aliphatic rings. The van der Waals surface area contributed by atoms with E-state index in [-0.39, 0.29) is 11.0 Å². The zero-order valence-electron chi connectivity index (χ0n) is 9.59. The normalized spacial score (nSPS) is 23.7. The number of benzene rings is 1. The van der Waals surface area contributed by atoms with Gasteiger partial charge in [0.2, 0.25) is 0 Å². The molecule has 3 nitrogen and oxygen atoms in total. The van der Waals surface area contributed by atoms with Crippen LogP contribution in [0.15, 0.2) is 30.3 Å². The van der Waals surface area contributed by atoms with Crippen molar-refractivity contribution in [3.05, 3.63) is 35.9 Å². The highest BCUT2D eigenvalue weighted by Gasteiger charge is 2.39. The standard InChI is InChI=1S/C13H14O3S/c1-2-16-13(15)12-10(14)8-11(17-12)9-6-4-3-5-7-9/h3-7,11-12H,2,8H2,1H3. The molecule has 0 bridgehead atoms. The van der Waals surface area contributed by atoms with Gasteiger partial charge in [-0.2, -0.15) is 0 Å². The van der Waals surface area contributed by atoms with Gasteiger partial charge in [-0.1, -0.05) is 30.3 Å². The van der Waals surface area contributed by atoms with E-state index in [1.165, 1.54) is 11.8 Å². The summed E-state index contributed by atoms with van der Waals surface area (Å²) in [5, 5.41) is -0.557. The van der Waals surface area contributed by atoms with Crippen LogP contribution in [0, 0.1) is 0 Å². The average Bonchev–Trinajstić information content (AvgIpc) is 2.73. The molecule has 0 spiro atoms. The minimum absolute atomic E-state index is 0.0256. The molecule has 2 rings (SSSR count). The minimum Gasteiger partial charge on any atom is -0.465 e. The van der Waals surface area contributed by atoms with Gasteiger partial charge in [0.15, 0.2) is 11.0 Å². The Labute approximate surface area is 105 Å². The number of hydrogen-bond donors (Lipinski definition) is 0. The van der Waals surface area contributed by atoms with E-state index < -0.39 is 11.2 Å². The molecule has 1 fully saturated rings. The van der Waals surface area contributed by atoms with Crippen LogP contribution in [0.3, 0.4) is 0 Å². The van der Waals surface area contributed by atoms with Crippen LogP contribution in [0.25, 0.3) is 0 Å². The van der Waals surface area contributed by atoms with E-state index in [2.05, 4.69) is 0 Å². The maximum absolute atomic E-state index is 11.8. The molecule has 1 aromatic rings. The van der Waals surface area contributed by atoms with Gasteiger partial charge in [0.1, 0.15) is 0 Å². The van der Waals surface area contributed by atoms with E-state index in [0.717, 1.165) is 5.56 Å². The molecule has 0 aromatic heterocycles. The fraction of sp³-hybridized carbons (Fsp3) is 0.385. The third-order valence-corrected chi connectivity index (χ3v) is 4.15. The van der Waals surface area contributed by atoms with Crippen molar-refractivity contribution in [1.82, 2.24) is 0 Å². The molecular formula is C13H14O3S. The molecule has 1 heterocycles. The molecule has 2 unspecified atom stereocenters. The summed E-state index contributed by atoms with van der Waals surface area (Å²) in [4.78, 5) is 23.3. The number of ether oxygens (including phenoxy) is 1. The van der Waals surface area contributed by atoms with Crippen molar-refractivity contribution in [2.24, 2.45) is 0 Å². The van der Waals surface area contributed by atoms with E-state index in [9.17, 15) is 9.59 Å².